The van der Waals surface area contributed by atoms with E-state index in [1.54, 1.807) is 0 Å². The summed E-state index contributed by atoms with van der Waals surface area (Å²) in [5.74, 6) is -0.263. The zero-order valence-electron chi connectivity index (χ0n) is 10.4. The molecule has 1 aliphatic rings. The lowest BCUT2D eigenvalue weighted by Crippen LogP contribution is -2.16. The number of rotatable bonds is 5. The molecule has 1 aromatic heterocycles. The number of hydrogen-bond acceptors (Lipinski definition) is 4. The molecule has 98 valence electrons. The van der Waals surface area contributed by atoms with Crippen LogP contribution in [0.25, 0.3) is 0 Å². The Bertz CT molecular complexity index is 562. The molecule has 19 heavy (non-hydrogen) atoms. The first-order valence-corrected chi connectivity index (χ1v) is 6.31. The van der Waals surface area contributed by atoms with Gasteiger partial charge in [-0.05, 0) is 30.5 Å². The summed E-state index contributed by atoms with van der Waals surface area (Å²) in [5.41, 5.74) is 2.20. The number of anilines is 1. The minimum atomic E-state index is -0.263. The van der Waals surface area contributed by atoms with Crippen molar-refractivity contribution in [2.75, 3.05) is 5.32 Å². The van der Waals surface area contributed by atoms with Gasteiger partial charge in [0.2, 0.25) is 0 Å². The third kappa shape index (κ3) is 3.17. The Hall–Kier alpha value is -2.21. The molecule has 0 radical (unpaired) electrons. The number of amides is 1. The van der Waals surface area contributed by atoms with Gasteiger partial charge >= 0.3 is 0 Å². The van der Waals surface area contributed by atoms with E-state index in [0.29, 0.717) is 6.04 Å². The van der Waals surface area contributed by atoms with E-state index in [9.17, 15) is 4.79 Å². The Labute approximate surface area is 110 Å². The van der Waals surface area contributed by atoms with Crippen LogP contribution in [0.2, 0.25) is 0 Å². The molecule has 1 heterocycles. The Kier molecular flexibility index (Phi) is 3.24. The Balaban J connectivity index is 1.63. The summed E-state index contributed by atoms with van der Waals surface area (Å²) >= 11 is 0. The Morgan fingerprint density at radius 3 is 3.05 bits per heavy atom. The average molecular weight is 257 g/mol. The molecule has 6 heteroatoms. The van der Waals surface area contributed by atoms with Crippen LogP contribution in [0.3, 0.4) is 0 Å². The molecule has 1 aliphatic carbocycles. The number of carbonyl (C=O) groups is 1. The van der Waals surface area contributed by atoms with Crippen LogP contribution in [0.1, 0.15) is 28.9 Å². The van der Waals surface area contributed by atoms with E-state index in [2.05, 4.69) is 26.0 Å². The Morgan fingerprint density at radius 1 is 1.42 bits per heavy atom. The van der Waals surface area contributed by atoms with Gasteiger partial charge in [-0.1, -0.05) is 12.1 Å². The van der Waals surface area contributed by atoms with Crippen LogP contribution in [0.5, 0.6) is 0 Å². The van der Waals surface area contributed by atoms with Crippen LogP contribution in [-0.2, 0) is 6.54 Å². The van der Waals surface area contributed by atoms with Crippen molar-refractivity contribution in [1.82, 2.24) is 20.7 Å². The lowest BCUT2D eigenvalue weighted by atomic mass is 10.2. The zero-order chi connectivity index (χ0) is 13.1. The monoisotopic (exact) mass is 257 g/mol. The van der Waals surface area contributed by atoms with Crippen LogP contribution in [-0.4, -0.2) is 27.4 Å². The third-order valence-electron chi connectivity index (χ3n) is 3.00. The first-order chi connectivity index (χ1) is 9.31. The van der Waals surface area contributed by atoms with Crippen LogP contribution < -0.4 is 10.6 Å². The highest BCUT2D eigenvalue weighted by Gasteiger charge is 2.19. The van der Waals surface area contributed by atoms with E-state index in [0.717, 1.165) is 17.8 Å². The highest BCUT2D eigenvalue weighted by molar-refractivity contribution is 6.02. The summed E-state index contributed by atoms with van der Waals surface area (Å²) in [6.07, 6.45) is 3.93. The lowest BCUT2D eigenvalue weighted by Gasteiger charge is -2.07. The largest absolute Gasteiger partial charge is 0.321 e. The van der Waals surface area contributed by atoms with Crippen molar-refractivity contribution in [3.8, 4) is 0 Å². The maximum Gasteiger partial charge on any atom is 0.277 e. The molecule has 1 fully saturated rings. The van der Waals surface area contributed by atoms with Gasteiger partial charge in [0.1, 0.15) is 0 Å². The fourth-order valence-corrected chi connectivity index (χ4v) is 1.81. The van der Waals surface area contributed by atoms with Crippen molar-refractivity contribution in [2.24, 2.45) is 0 Å². The van der Waals surface area contributed by atoms with E-state index in [1.807, 2.05) is 24.3 Å². The minimum Gasteiger partial charge on any atom is -0.321 e. The smallest absolute Gasteiger partial charge is 0.277 e. The van der Waals surface area contributed by atoms with Crippen molar-refractivity contribution in [3.05, 3.63) is 41.7 Å². The quantitative estimate of drug-likeness (QED) is 0.754. The Morgan fingerprint density at radius 2 is 2.32 bits per heavy atom. The standard InChI is InChI=1S/C13H15N5O/c19-13(12-8-15-18-17-12)16-11-3-1-2-9(6-11)7-14-10-4-5-10/h1-3,6,8,10,14H,4-5,7H2,(H,16,19)(H,15,17,18). The lowest BCUT2D eigenvalue weighted by molar-refractivity contribution is 0.102. The molecule has 0 saturated heterocycles. The first kappa shape index (κ1) is 11.9. The van der Waals surface area contributed by atoms with E-state index in [-0.39, 0.29) is 11.6 Å². The van der Waals surface area contributed by atoms with Crippen LogP contribution >= 0.6 is 0 Å². The first-order valence-electron chi connectivity index (χ1n) is 6.31. The van der Waals surface area contributed by atoms with Crippen molar-refractivity contribution in [2.45, 2.75) is 25.4 Å². The molecule has 0 atom stereocenters. The fourth-order valence-electron chi connectivity index (χ4n) is 1.81. The van der Waals surface area contributed by atoms with Gasteiger partial charge in [-0.25, -0.2) is 0 Å². The van der Waals surface area contributed by atoms with Crippen molar-refractivity contribution in [3.63, 3.8) is 0 Å². The zero-order valence-corrected chi connectivity index (χ0v) is 10.4. The van der Waals surface area contributed by atoms with Gasteiger partial charge < -0.3 is 10.6 Å². The maximum absolute atomic E-state index is 11.8. The van der Waals surface area contributed by atoms with Gasteiger partial charge in [-0.15, -0.1) is 0 Å². The summed E-state index contributed by atoms with van der Waals surface area (Å²) < 4.78 is 0. The number of benzene rings is 1. The molecule has 2 aromatic rings. The summed E-state index contributed by atoms with van der Waals surface area (Å²) in [5, 5.41) is 16.0. The average Bonchev–Trinajstić information content (AvgIpc) is 3.08. The second-order valence-electron chi connectivity index (χ2n) is 4.66. The second kappa shape index (κ2) is 5.19. The van der Waals surface area contributed by atoms with Gasteiger partial charge in [0.25, 0.3) is 5.91 Å². The number of carbonyl (C=O) groups excluding carboxylic acids is 1. The van der Waals surface area contributed by atoms with Gasteiger partial charge in [0, 0.05) is 18.3 Å². The summed E-state index contributed by atoms with van der Waals surface area (Å²) in [7, 11) is 0. The van der Waals surface area contributed by atoms with E-state index >= 15 is 0 Å². The fraction of sp³-hybridized carbons (Fsp3) is 0.308. The van der Waals surface area contributed by atoms with Gasteiger partial charge in [0.15, 0.2) is 5.69 Å². The van der Waals surface area contributed by atoms with Crippen LogP contribution in [0, 0.1) is 0 Å². The van der Waals surface area contributed by atoms with Crippen LogP contribution in [0.4, 0.5) is 5.69 Å². The second-order valence-corrected chi connectivity index (χ2v) is 4.66. The van der Waals surface area contributed by atoms with E-state index in [1.165, 1.54) is 19.0 Å². The van der Waals surface area contributed by atoms with Crippen molar-refractivity contribution >= 4 is 11.6 Å². The number of hydrogen-bond donors (Lipinski definition) is 3. The molecule has 3 N–H and O–H groups in total. The molecule has 3 rings (SSSR count). The SMILES string of the molecule is O=C(Nc1cccc(CNC2CC2)c1)c1cn[nH]n1. The van der Waals surface area contributed by atoms with Crippen molar-refractivity contribution < 1.29 is 4.79 Å². The summed E-state index contributed by atoms with van der Waals surface area (Å²) in [6, 6.07) is 8.48. The van der Waals surface area contributed by atoms with Crippen molar-refractivity contribution in [1.29, 1.82) is 0 Å². The molecule has 1 amide bonds. The molecule has 0 spiro atoms. The van der Waals surface area contributed by atoms with Gasteiger partial charge in [0.05, 0.1) is 6.20 Å². The number of nitrogens with zero attached hydrogens (tertiary/aromatic N) is 2. The number of aromatic nitrogens is 3. The van der Waals surface area contributed by atoms with Crippen LogP contribution in [0.15, 0.2) is 30.5 Å². The predicted molar refractivity (Wildman–Crippen MR) is 70.6 cm³/mol. The molecular weight excluding hydrogens is 242 g/mol. The molecule has 1 saturated carbocycles. The highest BCUT2D eigenvalue weighted by atomic mass is 16.2. The molecule has 0 aliphatic heterocycles. The summed E-state index contributed by atoms with van der Waals surface area (Å²) in [4.78, 5) is 11.8. The number of aromatic amines is 1. The van der Waals surface area contributed by atoms with E-state index < -0.39 is 0 Å². The molecule has 6 nitrogen and oxygen atoms in total. The van der Waals surface area contributed by atoms with Gasteiger partial charge in [-0.3, -0.25) is 4.79 Å². The topological polar surface area (TPSA) is 82.7 Å². The number of H-pyrrole nitrogens is 1. The predicted octanol–water partition coefficient (Wildman–Crippen LogP) is 1.31. The van der Waals surface area contributed by atoms with Gasteiger partial charge in [-0.2, -0.15) is 15.4 Å². The minimum absolute atomic E-state index is 0.263. The number of nitrogens with one attached hydrogen (secondary N) is 3. The third-order valence-corrected chi connectivity index (χ3v) is 3.00. The maximum atomic E-state index is 11.8. The molecule has 0 bridgehead atoms. The normalized spacial score (nSPS) is 14.3. The molecular formula is C13H15N5O. The molecule has 0 unspecified atom stereocenters. The summed E-state index contributed by atoms with van der Waals surface area (Å²) in [6.45, 7) is 0.832. The van der Waals surface area contributed by atoms with E-state index in [4.69, 9.17) is 0 Å². The molecule has 1 aromatic carbocycles. The highest BCUT2D eigenvalue weighted by Crippen LogP contribution is 2.20.